The van der Waals surface area contributed by atoms with Gasteiger partial charge in [0.05, 0.1) is 5.56 Å². The minimum atomic E-state index is -4.45. The molecule has 4 rings (SSSR count). The molecule has 1 unspecified atom stereocenters. The van der Waals surface area contributed by atoms with Crippen LogP contribution in [0.5, 0.6) is 0 Å². The Hall–Kier alpha value is -2.69. The fourth-order valence-electron chi connectivity index (χ4n) is 4.32. The van der Waals surface area contributed by atoms with Gasteiger partial charge in [-0.2, -0.15) is 13.2 Å². The number of piperidine rings is 1. The maximum absolute atomic E-state index is 13.2. The molecule has 7 nitrogen and oxygen atoms in total. The summed E-state index contributed by atoms with van der Waals surface area (Å²) in [6, 6.07) is 2.32. The van der Waals surface area contributed by atoms with Gasteiger partial charge >= 0.3 is 6.18 Å². The number of aromatic nitrogens is 5. The maximum Gasteiger partial charge on any atom is 0.417 e. The summed E-state index contributed by atoms with van der Waals surface area (Å²) in [6.45, 7) is 4.89. The van der Waals surface area contributed by atoms with Gasteiger partial charge in [0.1, 0.15) is 5.82 Å². The molecule has 11 heteroatoms. The van der Waals surface area contributed by atoms with Gasteiger partial charge in [-0.1, -0.05) is 11.8 Å². The number of rotatable bonds is 5. The van der Waals surface area contributed by atoms with Gasteiger partial charge in [-0.05, 0) is 57.1 Å². The lowest BCUT2D eigenvalue weighted by atomic mass is 9.96. The highest BCUT2D eigenvalue weighted by molar-refractivity contribution is 7.98. The van der Waals surface area contributed by atoms with Gasteiger partial charge in [0.15, 0.2) is 10.8 Å². The first-order chi connectivity index (χ1) is 15.7. The van der Waals surface area contributed by atoms with Crippen LogP contribution in [0.1, 0.15) is 53.5 Å². The van der Waals surface area contributed by atoms with Crippen LogP contribution in [0.15, 0.2) is 23.5 Å². The monoisotopic (exact) mass is 478 g/mol. The van der Waals surface area contributed by atoms with E-state index >= 15 is 0 Å². The first-order valence-corrected chi connectivity index (χ1v) is 12.0. The predicted molar refractivity (Wildman–Crippen MR) is 118 cm³/mol. The lowest BCUT2D eigenvalue weighted by Gasteiger charge is -2.32. The molecule has 0 saturated carbocycles. The Morgan fingerprint density at radius 3 is 2.58 bits per heavy atom. The van der Waals surface area contributed by atoms with E-state index in [-0.39, 0.29) is 11.8 Å². The number of pyridine rings is 1. The number of fused-ring (bicyclic) bond motifs is 1. The van der Waals surface area contributed by atoms with Gasteiger partial charge in [-0.15, -0.1) is 10.2 Å². The average molecular weight is 479 g/mol. The number of hydrogen-bond donors (Lipinski definition) is 0. The molecule has 0 radical (unpaired) electrons. The molecule has 3 aromatic heterocycles. The molecule has 33 heavy (non-hydrogen) atoms. The lowest BCUT2D eigenvalue weighted by molar-refractivity contribution is -0.137. The first-order valence-electron chi connectivity index (χ1n) is 10.7. The molecule has 4 heterocycles. The molecule has 1 saturated heterocycles. The van der Waals surface area contributed by atoms with E-state index in [0.717, 1.165) is 42.1 Å². The zero-order valence-electron chi connectivity index (χ0n) is 18.7. The third-order valence-electron chi connectivity index (χ3n) is 6.07. The van der Waals surface area contributed by atoms with Crippen molar-refractivity contribution in [2.24, 2.45) is 0 Å². The van der Waals surface area contributed by atoms with Crippen LogP contribution in [-0.2, 0) is 17.4 Å². The van der Waals surface area contributed by atoms with E-state index in [1.54, 1.807) is 4.90 Å². The fraction of sp³-hybridized carbons (Fsp3) is 0.500. The van der Waals surface area contributed by atoms with Gasteiger partial charge in [-0.3, -0.25) is 9.20 Å². The molecule has 1 aliphatic heterocycles. The Balaban J connectivity index is 1.47. The van der Waals surface area contributed by atoms with Crippen molar-refractivity contribution in [3.63, 3.8) is 0 Å². The Kier molecular flexibility index (Phi) is 6.60. The molecule has 1 atom stereocenters. The standard InChI is InChI=1S/C22H25F3N6OS/c1-13-17(14(2)27-21(26-13)33-3)7-9-19(32)30-10-4-5-15(11-30)20-29-28-18-8-6-16(12-31(18)20)22(23,24)25/h6,8,12,15H,4-5,7,9-11H2,1-3H3. The molecule has 0 spiro atoms. The van der Waals surface area contributed by atoms with E-state index in [9.17, 15) is 18.0 Å². The highest BCUT2D eigenvalue weighted by Gasteiger charge is 2.32. The minimum Gasteiger partial charge on any atom is -0.342 e. The number of amides is 1. The minimum absolute atomic E-state index is 0.0113. The highest BCUT2D eigenvalue weighted by atomic mass is 32.2. The van der Waals surface area contributed by atoms with Crippen LogP contribution < -0.4 is 0 Å². The SMILES string of the molecule is CSc1nc(C)c(CCC(=O)N2CCCC(c3nnc4ccc(C(F)(F)F)cn34)C2)c(C)n1. The number of likely N-dealkylation sites (tertiary alicyclic amines) is 1. The summed E-state index contributed by atoms with van der Waals surface area (Å²) in [6.07, 6.45) is 0.890. The quantitative estimate of drug-likeness (QED) is 0.404. The zero-order valence-corrected chi connectivity index (χ0v) is 19.5. The predicted octanol–water partition coefficient (Wildman–Crippen LogP) is 4.22. The molecule has 1 amide bonds. The topological polar surface area (TPSA) is 76.3 Å². The summed E-state index contributed by atoms with van der Waals surface area (Å²) >= 11 is 1.48. The van der Waals surface area contributed by atoms with Crippen molar-refractivity contribution in [1.82, 2.24) is 29.5 Å². The zero-order chi connectivity index (χ0) is 23.8. The van der Waals surface area contributed by atoms with Crippen molar-refractivity contribution in [2.75, 3.05) is 19.3 Å². The Labute approximate surface area is 193 Å². The van der Waals surface area contributed by atoms with Crippen molar-refractivity contribution in [3.8, 4) is 0 Å². The smallest absolute Gasteiger partial charge is 0.342 e. The van der Waals surface area contributed by atoms with Crippen molar-refractivity contribution >= 4 is 23.3 Å². The van der Waals surface area contributed by atoms with Crippen molar-refractivity contribution in [3.05, 3.63) is 46.7 Å². The Morgan fingerprint density at radius 2 is 1.91 bits per heavy atom. The van der Waals surface area contributed by atoms with Crippen molar-refractivity contribution in [2.45, 2.75) is 56.8 Å². The third-order valence-corrected chi connectivity index (χ3v) is 6.61. The molecule has 0 aliphatic carbocycles. The lowest BCUT2D eigenvalue weighted by Crippen LogP contribution is -2.39. The molecule has 0 bridgehead atoms. The number of alkyl halides is 3. The highest BCUT2D eigenvalue weighted by Crippen LogP contribution is 2.31. The van der Waals surface area contributed by atoms with E-state index in [1.807, 2.05) is 20.1 Å². The van der Waals surface area contributed by atoms with Gasteiger partial charge < -0.3 is 4.90 Å². The molecule has 3 aromatic rings. The van der Waals surface area contributed by atoms with Crippen LogP contribution in [0.4, 0.5) is 13.2 Å². The van der Waals surface area contributed by atoms with Gasteiger partial charge in [-0.25, -0.2) is 9.97 Å². The molecule has 176 valence electrons. The first kappa shape index (κ1) is 23.5. The summed E-state index contributed by atoms with van der Waals surface area (Å²) in [4.78, 5) is 23.7. The second kappa shape index (κ2) is 9.28. The molecular formula is C22H25F3N6OS. The molecule has 0 aromatic carbocycles. The maximum atomic E-state index is 13.2. The van der Waals surface area contributed by atoms with E-state index in [1.165, 1.54) is 22.2 Å². The van der Waals surface area contributed by atoms with Gasteiger partial charge in [0.25, 0.3) is 0 Å². The van der Waals surface area contributed by atoms with E-state index in [4.69, 9.17) is 0 Å². The fourth-order valence-corrected chi connectivity index (χ4v) is 4.78. The van der Waals surface area contributed by atoms with Crippen LogP contribution in [0.2, 0.25) is 0 Å². The van der Waals surface area contributed by atoms with Gasteiger partial charge in [0, 0.05) is 43.0 Å². The number of hydrogen-bond acceptors (Lipinski definition) is 6. The summed E-state index contributed by atoms with van der Waals surface area (Å²) in [5.74, 6) is 0.299. The second-order valence-corrected chi connectivity index (χ2v) is 9.01. The van der Waals surface area contributed by atoms with Crippen LogP contribution in [0.3, 0.4) is 0 Å². The van der Waals surface area contributed by atoms with Crippen LogP contribution >= 0.6 is 11.8 Å². The van der Waals surface area contributed by atoms with E-state index in [2.05, 4.69) is 20.2 Å². The number of aryl methyl sites for hydroxylation is 2. The van der Waals surface area contributed by atoms with Crippen LogP contribution in [0.25, 0.3) is 5.65 Å². The van der Waals surface area contributed by atoms with Gasteiger partial charge in [0.2, 0.25) is 5.91 Å². The number of carbonyl (C=O) groups is 1. The summed E-state index contributed by atoms with van der Waals surface area (Å²) in [7, 11) is 0. The largest absolute Gasteiger partial charge is 0.417 e. The number of nitrogens with zero attached hydrogens (tertiary/aromatic N) is 6. The number of thioether (sulfide) groups is 1. The average Bonchev–Trinajstić information content (AvgIpc) is 3.21. The Morgan fingerprint density at radius 1 is 1.18 bits per heavy atom. The molecule has 1 aliphatic rings. The van der Waals surface area contributed by atoms with E-state index < -0.39 is 11.7 Å². The van der Waals surface area contributed by atoms with Crippen molar-refractivity contribution in [1.29, 1.82) is 0 Å². The normalized spacial score (nSPS) is 17.0. The molecular weight excluding hydrogens is 453 g/mol. The summed E-state index contributed by atoms with van der Waals surface area (Å²) in [5.41, 5.74) is 2.36. The van der Waals surface area contributed by atoms with Crippen molar-refractivity contribution < 1.29 is 18.0 Å². The third kappa shape index (κ3) is 4.97. The molecule has 0 N–H and O–H groups in total. The van der Waals surface area contributed by atoms with Crippen LogP contribution in [-0.4, -0.2) is 54.7 Å². The summed E-state index contributed by atoms with van der Waals surface area (Å²) < 4.78 is 40.9. The number of carbonyl (C=O) groups excluding carboxylic acids is 1. The van der Waals surface area contributed by atoms with Crippen LogP contribution in [0, 0.1) is 13.8 Å². The van der Waals surface area contributed by atoms with E-state index in [0.29, 0.717) is 42.6 Å². The second-order valence-electron chi connectivity index (χ2n) is 8.24. The molecule has 1 fully saturated rings. The Bertz CT molecular complexity index is 1160. The summed E-state index contributed by atoms with van der Waals surface area (Å²) in [5, 5.41) is 8.90. The number of halogens is 3.